The van der Waals surface area contributed by atoms with Crippen LogP contribution >= 0.6 is 0 Å². The van der Waals surface area contributed by atoms with Gasteiger partial charge in [0.25, 0.3) is 11.8 Å². The highest BCUT2D eigenvalue weighted by molar-refractivity contribution is 7.89. The molecule has 10 heteroatoms. The summed E-state index contributed by atoms with van der Waals surface area (Å²) in [6, 6.07) is 11.9. The third-order valence-electron chi connectivity index (χ3n) is 5.72. The lowest BCUT2D eigenvalue weighted by Gasteiger charge is -2.34. The molecule has 1 unspecified atom stereocenters. The van der Waals surface area contributed by atoms with Crippen LogP contribution in [0.1, 0.15) is 18.9 Å². The Bertz CT molecular complexity index is 1160. The molecule has 0 saturated carbocycles. The predicted octanol–water partition coefficient (Wildman–Crippen LogP) is 2.02. The zero-order chi connectivity index (χ0) is 23.6. The number of carbonyl (C=O) groups is 2. The molecule has 0 radical (unpaired) electrons. The fourth-order valence-corrected chi connectivity index (χ4v) is 5.28. The monoisotopic (exact) mass is 473 g/mol. The molecule has 4 rings (SSSR count). The molecule has 2 amide bonds. The van der Waals surface area contributed by atoms with E-state index in [1.165, 1.54) is 16.4 Å². The maximum atomic E-state index is 13.1. The molecule has 0 bridgehead atoms. The Kier molecular flexibility index (Phi) is 6.57. The lowest BCUT2D eigenvalue weighted by atomic mass is 10.2. The minimum atomic E-state index is -3.78. The summed E-state index contributed by atoms with van der Waals surface area (Å²) in [6.07, 6.45) is -0.0647. The van der Waals surface area contributed by atoms with Crippen LogP contribution in [0.4, 0.5) is 5.69 Å². The van der Waals surface area contributed by atoms with Crippen molar-refractivity contribution in [2.24, 2.45) is 0 Å². The van der Waals surface area contributed by atoms with E-state index in [2.05, 4.69) is 5.32 Å². The smallest absolute Gasteiger partial charge is 0.265 e. The molecule has 2 aliphatic rings. The van der Waals surface area contributed by atoms with E-state index >= 15 is 0 Å². The summed E-state index contributed by atoms with van der Waals surface area (Å²) in [5.74, 6) is 0.593. The zero-order valence-electron chi connectivity index (χ0n) is 18.6. The number of amides is 2. The van der Waals surface area contributed by atoms with Crippen LogP contribution in [0.5, 0.6) is 11.5 Å². The third kappa shape index (κ3) is 4.96. The molecule has 2 heterocycles. The first kappa shape index (κ1) is 23.1. The summed E-state index contributed by atoms with van der Waals surface area (Å²) in [5.41, 5.74) is 1.38. The Labute approximate surface area is 193 Å². The Morgan fingerprint density at radius 3 is 2.61 bits per heavy atom. The number of piperazine rings is 1. The highest BCUT2D eigenvalue weighted by Crippen LogP contribution is 2.33. The Morgan fingerprint density at radius 2 is 1.91 bits per heavy atom. The average Bonchev–Trinajstić information content (AvgIpc) is 2.81. The SMILES string of the molecule is CCC1Oc2ccc(S(=O)(=O)N3CCN(C(=O)COc4cccc(C)c4)CC3)cc2NC1=O. The van der Waals surface area contributed by atoms with Gasteiger partial charge in [-0.2, -0.15) is 4.31 Å². The summed E-state index contributed by atoms with van der Waals surface area (Å²) >= 11 is 0. The van der Waals surface area contributed by atoms with Gasteiger partial charge in [0.2, 0.25) is 10.0 Å². The van der Waals surface area contributed by atoms with Crippen molar-refractivity contribution in [3.63, 3.8) is 0 Å². The summed E-state index contributed by atoms with van der Waals surface area (Å²) in [5, 5.41) is 2.72. The minimum absolute atomic E-state index is 0.0719. The van der Waals surface area contributed by atoms with Crippen LogP contribution in [0.25, 0.3) is 0 Å². The van der Waals surface area contributed by atoms with E-state index in [0.29, 0.717) is 23.6 Å². The Hall–Kier alpha value is -3.11. The van der Waals surface area contributed by atoms with Crippen LogP contribution in [0.15, 0.2) is 47.4 Å². The normalized spacial score (nSPS) is 18.8. The van der Waals surface area contributed by atoms with Crippen molar-refractivity contribution < 1.29 is 27.5 Å². The van der Waals surface area contributed by atoms with Gasteiger partial charge >= 0.3 is 0 Å². The molecule has 1 atom stereocenters. The number of nitrogens with zero attached hydrogens (tertiary/aromatic N) is 2. The number of ether oxygens (including phenoxy) is 2. The van der Waals surface area contributed by atoms with Crippen LogP contribution in [0.2, 0.25) is 0 Å². The highest BCUT2D eigenvalue weighted by Gasteiger charge is 2.32. The summed E-state index contributed by atoms with van der Waals surface area (Å²) in [4.78, 5) is 26.2. The van der Waals surface area contributed by atoms with Gasteiger partial charge in [-0.25, -0.2) is 8.42 Å². The lowest BCUT2D eigenvalue weighted by molar-refractivity contribution is -0.134. The largest absolute Gasteiger partial charge is 0.484 e. The van der Waals surface area contributed by atoms with E-state index in [-0.39, 0.29) is 49.5 Å². The van der Waals surface area contributed by atoms with E-state index < -0.39 is 16.1 Å². The number of benzene rings is 2. The van der Waals surface area contributed by atoms with E-state index in [1.807, 2.05) is 32.0 Å². The molecule has 33 heavy (non-hydrogen) atoms. The number of aryl methyl sites for hydroxylation is 1. The van der Waals surface area contributed by atoms with E-state index in [9.17, 15) is 18.0 Å². The van der Waals surface area contributed by atoms with Gasteiger partial charge in [-0.05, 0) is 49.2 Å². The lowest BCUT2D eigenvalue weighted by Crippen LogP contribution is -2.51. The first-order valence-corrected chi connectivity index (χ1v) is 12.3. The van der Waals surface area contributed by atoms with Crippen molar-refractivity contribution in [2.45, 2.75) is 31.3 Å². The Balaban J connectivity index is 1.36. The molecular formula is C23H27N3O6S. The summed E-state index contributed by atoms with van der Waals surface area (Å²) in [7, 11) is -3.78. The van der Waals surface area contributed by atoms with Gasteiger partial charge in [0.05, 0.1) is 10.6 Å². The van der Waals surface area contributed by atoms with Crippen LogP contribution in [-0.4, -0.2) is 68.3 Å². The van der Waals surface area contributed by atoms with Crippen molar-refractivity contribution in [1.82, 2.24) is 9.21 Å². The molecule has 0 spiro atoms. The third-order valence-corrected chi connectivity index (χ3v) is 7.62. The number of fused-ring (bicyclic) bond motifs is 1. The number of hydrogen-bond donors (Lipinski definition) is 1. The first-order valence-electron chi connectivity index (χ1n) is 10.9. The molecule has 2 aromatic carbocycles. The van der Waals surface area contributed by atoms with Gasteiger partial charge in [0.15, 0.2) is 12.7 Å². The van der Waals surface area contributed by atoms with Crippen molar-refractivity contribution in [3.05, 3.63) is 48.0 Å². The standard InChI is InChI=1S/C23H27N3O6S/c1-3-20-23(28)24-19-14-18(7-8-21(19)32-20)33(29,30)26-11-9-25(10-12-26)22(27)15-31-17-6-4-5-16(2)13-17/h4-8,13-14,20H,3,9-12,15H2,1-2H3,(H,24,28). The summed E-state index contributed by atoms with van der Waals surface area (Å²) in [6.45, 7) is 4.59. The molecule has 9 nitrogen and oxygen atoms in total. The second kappa shape index (κ2) is 9.40. The molecule has 2 aliphatic heterocycles. The maximum Gasteiger partial charge on any atom is 0.265 e. The molecule has 0 aliphatic carbocycles. The summed E-state index contributed by atoms with van der Waals surface area (Å²) < 4.78 is 38.8. The molecule has 0 aromatic heterocycles. The van der Waals surface area contributed by atoms with E-state index in [4.69, 9.17) is 9.47 Å². The van der Waals surface area contributed by atoms with Crippen molar-refractivity contribution in [2.75, 3.05) is 38.1 Å². The molecule has 2 aromatic rings. The fourth-order valence-electron chi connectivity index (χ4n) is 3.83. The quantitative estimate of drug-likeness (QED) is 0.688. The van der Waals surface area contributed by atoms with Crippen LogP contribution in [0, 0.1) is 6.92 Å². The second-order valence-electron chi connectivity index (χ2n) is 8.05. The van der Waals surface area contributed by atoms with Crippen molar-refractivity contribution in [1.29, 1.82) is 0 Å². The van der Waals surface area contributed by atoms with Gasteiger partial charge < -0.3 is 19.7 Å². The number of nitrogens with one attached hydrogen (secondary N) is 1. The number of anilines is 1. The zero-order valence-corrected chi connectivity index (χ0v) is 19.4. The van der Waals surface area contributed by atoms with Gasteiger partial charge in [0.1, 0.15) is 11.5 Å². The molecular weight excluding hydrogens is 446 g/mol. The van der Waals surface area contributed by atoms with Gasteiger partial charge in [0, 0.05) is 26.2 Å². The van der Waals surface area contributed by atoms with Gasteiger partial charge in [-0.15, -0.1) is 0 Å². The van der Waals surface area contributed by atoms with Crippen LogP contribution < -0.4 is 14.8 Å². The number of carbonyl (C=O) groups excluding carboxylic acids is 2. The van der Waals surface area contributed by atoms with Gasteiger partial charge in [-0.3, -0.25) is 9.59 Å². The minimum Gasteiger partial charge on any atom is -0.484 e. The number of rotatable bonds is 6. The predicted molar refractivity (Wildman–Crippen MR) is 122 cm³/mol. The number of sulfonamides is 1. The molecule has 1 saturated heterocycles. The molecule has 176 valence electrons. The van der Waals surface area contributed by atoms with Crippen LogP contribution in [-0.2, 0) is 19.6 Å². The first-order chi connectivity index (χ1) is 15.8. The topological polar surface area (TPSA) is 105 Å². The van der Waals surface area contributed by atoms with E-state index in [1.54, 1.807) is 17.0 Å². The average molecular weight is 474 g/mol. The molecule has 1 N–H and O–H groups in total. The number of hydrogen-bond acceptors (Lipinski definition) is 6. The maximum absolute atomic E-state index is 13.1. The van der Waals surface area contributed by atoms with Crippen molar-refractivity contribution >= 4 is 27.5 Å². The molecule has 1 fully saturated rings. The van der Waals surface area contributed by atoms with E-state index in [0.717, 1.165) is 5.56 Å². The highest BCUT2D eigenvalue weighted by atomic mass is 32.2. The fraction of sp³-hybridized carbons (Fsp3) is 0.391. The second-order valence-corrected chi connectivity index (χ2v) is 9.99. The van der Waals surface area contributed by atoms with Crippen LogP contribution in [0.3, 0.4) is 0 Å². The van der Waals surface area contributed by atoms with Gasteiger partial charge in [-0.1, -0.05) is 19.1 Å². The van der Waals surface area contributed by atoms with Crippen molar-refractivity contribution in [3.8, 4) is 11.5 Å². The Morgan fingerprint density at radius 1 is 1.15 bits per heavy atom.